The molecule has 0 rings (SSSR count). The predicted molar refractivity (Wildman–Crippen MR) is 98.1 cm³/mol. The molecule has 0 bridgehead atoms. The van der Waals surface area contributed by atoms with Crippen LogP contribution in [0.5, 0.6) is 0 Å². The molecule has 0 spiro atoms. The van der Waals surface area contributed by atoms with Crippen molar-refractivity contribution in [1.82, 2.24) is 0 Å². The molecule has 0 fully saturated rings. The maximum atomic E-state index is 12.0. The average Bonchev–Trinajstić information content (AvgIpc) is 2.54. The third-order valence-electron chi connectivity index (χ3n) is 4.33. The van der Waals surface area contributed by atoms with E-state index in [0.29, 0.717) is 12.8 Å². The highest BCUT2D eigenvalue weighted by molar-refractivity contribution is 5.69. The topological polar surface area (TPSA) is 63.6 Å². The van der Waals surface area contributed by atoms with E-state index < -0.39 is 5.97 Å². The van der Waals surface area contributed by atoms with Crippen molar-refractivity contribution in [3.63, 3.8) is 0 Å². The van der Waals surface area contributed by atoms with Crippen molar-refractivity contribution in [3.8, 4) is 0 Å². The van der Waals surface area contributed by atoms with Gasteiger partial charge in [0.2, 0.25) is 0 Å². The fourth-order valence-electron chi connectivity index (χ4n) is 2.83. The molecule has 1 N–H and O–H groups in total. The zero-order valence-corrected chi connectivity index (χ0v) is 15.9. The number of carboxylic acids is 1. The minimum atomic E-state index is -0.732. The number of hydrogen-bond donors (Lipinski definition) is 1. The van der Waals surface area contributed by atoms with Crippen molar-refractivity contribution in [3.05, 3.63) is 0 Å². The molecule has 142 valence electrons. The number of carboxylic acid groups (broad SMARTS) is 1. The van der Waals surface area contributed by atoms with Gasteiger partial charge in [0.15, 0.2) is 0 Å². The quantitative estimate of drug-likeness (QED) is 0.265. The summed E-state index contributed by atoms with van der Waals surface area (Å²) in [6.45, 7) is 4.35. The Bertz CT molecular complexity index is 315. The summed E-state index contributed by atoms with van der Waals surface area (Å²) in [5.74, 6) is -0.790. The number of carbonyl (C=O) groups excluding carboxylic acids is 1. The maximum absolute atomic E-state index is 12.0. The van der Waals surface area contributed by atoms with Crippen LogP contribution < -0.4 is 0 Å². The fourth-order valence-corrected chi connectivity index (χ4v) is 2.83. The molecule has 4 nitrogen and oxygen atoms in total. The summed E-state index contributed by atoms with van der Waals surface area (Å²) >= 11 is 0. The van der Waals surface area contributed by atoms with E-state index in [1.165, 1.54) is 32.1 Å². The first-order valence-electron chi connectivity index (χ1n) is 10.0. The summed E-state index contributed by atoms with van der Waals surface area (Å²) in [7, 11) is 0. The van der Waals surface area contributed by atoms with E-state index in [2.05, 4.69) is 13.8 Å². The van der Waals surface area contributed by atoms with Gasteiger partial charge in [0.05, 0.1) is 0 Å². The minimum Gasteiger partial charge on any atom is -0.481 e. The molecule has 4 heteroatoms. The zero-order chi connectivity index (χ0) is 18.0. The Morgan fingerprint density at radius 2 is 1.25 bits per heavy atom. The molecule has 0 saturated carbocycles. The second-order valence-corrected chi connectivity index (χ2v) is 6.76. The van der Waals surface area contributed by atoms with E-state index in [0.717, 1.165) is 44.9 Å². The summed E-state index contributed by atoms with van der Waals surface area (Å²) in [6, 6.07) is 0. The minimum absolute atomic E-state index is 0.0189. The van der Waals surface area contributed by atoms with Gasteiger partial charge in [0.25, 0.3) is 0 Å². The normalized spacial score (nSPS) is 12.1. The zero-order valence-electron chi connectivity index (χ0n) is 15.9. The van der Waals surface area contributed by atoms with Crippen molar-refractivity contribution >= 4 is 11.9 Å². The van der Waals surface area contributed by atoms with Gasteiger partial charge in [0.1, 0.15) is 6.10 Å². The number of aliphatic carboxylic acids is 1. The van der Waals surface area contributed by atoms with Gasteiger partial charge in [-0.15, -0.1) is 0 Å². The molecular weight excluding hydrogens is 304 g/mol. The fraction of sp³-hybridized carbons (Fsp3) is 0.900. The molecule has 0 aliphatic carbocycles. The number of hydrogen-bond acceptors (Lipinski definition) is 3. The molecule has 0 radical (unpaired) electrons. The molecule has 0 aliphatic rings. The SMILES string of the molecule is CCCCCCC(=O)OC(CCCCCC)CCCCCC(=O)O. The van der Waals surface area contributed by atoms with Crippen LogP contribution in [0.4, 0.5) is 0 Å². The first-order valence-corrected chi connectivity index (χ1v) is 10.0. The molecule has 0 aromatic heterocycles. The van der Waals surface area contributed by atoms with Gasteiger partial charge in [-0.3, -0.25) is 9.59 Å². The van der Waals surface area contributed by atoms with Gasteiger partial charge in [0, 0.05) is 12.8 Å². The van der Waals surface area contributed by atoms with Crippen molar-refractivity contribution in [2.45, 2.75) is 116 Å². The molecule has 0 aromatic carbocycles. The van der Waals surface area contributed by atoms with E-state index in [1.807, 2.05) is 0 Å². The van der Waals surface area contributed by atoms with E-state index >= 15 is 0 Å². The van der Waals surface area contributed by atoms with Crippen LogP contribution in [0.3, 0.4) is 0 Å². The van der Waals surface area contributed by atoms with Crippen LogP contribution in [0.25, 0.3) is 0 Å². The number of unbranched alkanes of at least 4 members (excludes halogenated alkanes) is 8. The maximum Gasteiger partial charge on any atom is 0.306 e. The summed E-state index contributed by atoms with van der Waals surface area (Å²) in [6.07, 6.45) is 14.3. The van der Waals surface area contributed by atoms with Crippen LogP contribution in [0.2, 0.25) is 0 Å². The van der Waals surface area contributed by atoms with Gasteiger partial charge in [-0.2, -0.15) is 0 Å². The Labute approximate surface area is 148 Å². The molecule has 0 aromatic rings. The first-order chi connectivity index (χ1) is 11.6. The van der Waals surface area contributed by atoms with Crippen LogP contribution in [-0.2, 0) is 14.3 Å². The lowest BCUT2D eigenvalue weighted by molar-refractivity contribution is -0.150. The van der Waals surface area contributed by atoms with Crippen molar-refractivity contribution in [1.29, 1.82) is 0 Å². The summed E-state index contributed by atoms with van der Waals surface area (Å²) in [5, 5.41) is 8.66. The molecule has 0 aliphatic heterocycles. The van der Waals surface area contributed by atoms with Crippen LogP contribution in [0, 0.1) is 0 Å². The highest BCUT2D eigenvalue weighted by Crippen LogP contribution is 2.17. The smallest absolute Gasteiger partial charge is 0.306 e. The van der Waals surface area contributed by atoms with Gasteiger partial charge < -0.3 is 9.84 Å². The van der Waals surface area contributed by atoms with Gasteiger partial charge in [-0.1, -0.05) is 58.8 Å². The predicted octanol–water partition coefficient (Wildman–Crippen LogP) is 5.87. The first kappa shape index (κ1) is 22.9. The Hall–Kier alpha value is -1.06. The summed E-state index contributed by atoms with van der Waals surface area (Å²) in [4.78, 5) is 22.5. The monoisotopic (exact) mass is 342 g/mol. The van der Waals surface area contributed by atoms with Crippen LogP contribution in [0.1, 0.15) is 110 Å². The van der Waals surface area contributed by atoms with Crippen LogP contribution >= 0.6 is 0 Å². The highest BCUT2D eigenvalue weighted by Gasteiger charge is 2.14. The largest absolute Gasteiger partial charge is 0.481 e. The Balaban J connectivity index is 4.01. The Morgan fingerprint density at radius 1 is 0.750 bits per heavy atom. The molecular formula is C20H38O4. The molecule has 0 heterocycles. The number of carbonyl (C=O) groups is 2. The molecule has 1 atom stereocenters. The van der Waals surface area contributed by atoms with Gasteiger partial charge >= 0.3 is 11.9 Å². The lowest BCUT2D eigenvalue weighted by Crippen LogP contribution is -2.18. The van der Waals surface area contributed by atoms with E-state index in [-0.39, 0.29) is 18.5 Å². The number of ether oxygens (including phenoxy) is 1. The molecule has 0 amide bonds. The van der Waals surface area contributed by atoms with E-state index in [1.54, 1.807) is 0 Å². The third-order valence-corrected chi connectivity index (χ3v) is 4.33. The Morgan fingerprint density at radius 3 is 1.79 bits per heavy atom. The van der Waals surface area contributed by atoms with Gasteiger partial charge in [-0.05, 0) is 38.5 Å². The van der Waals surface area contributed by atoms with E-state index in [4.69, 9.17) is 9.84 Å². The van der Waals surface area contributed by atoms with Gasteiger partial charge in [-0.25, -0.2) is 0 Å². The second kappa shape index (κ2) is 16.8. The number of rotatable bonds is 17. The van der Waals surface area contributed by atoms with E-state index in [9.17, 15) is 9.59 Å². The molecule has 1 unspecified atom stereocenters. The number of esters is 1. The lowest BCUT2D eigenvalue weighted by atomic mass is 10.0. The molecule has 0 saturated heterocycles. The highest BCUT2D eigenvalue weighted by atomic mass is 16.5. The third kappa shape index (κ3) is 15.8. The lowest BCUT2D eigenvalue weighted by Gasteiger charge is -2.18. The summed E-state index contributed by atoms with van der Waals surface area (Å²) in [5.41, 5.74) is 0. The molecule has 24 heavy (non-hydrogen) atoms. The van der Waals surface area contributed by atoms with Crippen LogP contribution in [-0.4, -0.2) is 23.1 Å². The second-order valence-electron chi connectivity index (χ2n) is 6.76. The summed E-state index contributed by atoms with van der Waals surface area (Å²) < 4.78 is 5.68. The van der Waals surface area contributed by atoms with Crippen molar-refractivity contribution < 1.29 is 19.4 Å². The Kier molecular flexibility index (Phi) is 16.0. The van der Waals surface area contributed by atoms with Crippen LogP contribution in [0.15, 0.2) is 0 Å². The average molecular weight is 343 g/mol. The standard InChI is InChI=1S/C20H38O4/c1-3-5-7-10-14-18(15-11-9-12-16-19(21)22)24-20(23)17-13-8-6-4-2/h18H,3-17H2,1-2H3,(H,21,22). The van der Waals surface area contributed by atoms with Crippen molar-refractivity contribution in [2.75, 3.05) is 0 Å². The van der Waals surface area contributed by atoms with Crippen molar-refractivity contribution in [2.24, 2.45) is 0 Å².